The molecule has 6 heteroatoms. The normalized spacial score (nSPS) is 10.6. The number of carbonyl (C=O) groups excluding carboxylic acids is 1. The second-order valence-electron chi connectivity index (χ2n) is 4.96. The Morgan fingerprint density at radius 1 is 1.09 bits per heavy atom. The van der Waals surface area contributed by atoms with E-state index in [0.717, 1.165) is 5.56 Å². The maximum atomic E-state index is 13.3. The molecule has 0 unspecified atom stereocenters. The lowest BCUT2D eigenvalue weighted by Crippen LogP contribution is -2.13. The summed E-state index contributed by atoms with van der Waals surface area (Å²) in [4.78, 5) is 16.5. The first-order valence-electron chi connectivity index (χ1n) is 6.82. The van der Waals surface area contributed by atoms with Crippen LogP contribution in [0, 0.1) is 18.6 Å². The van der Waals surface area contributed by atoms with Crippen molar-refractivity contribution < 1.29 is 13.6 Å². The third-order valence-corrected chi connectivity index (χ3v) is 4.07. The molecule has 0 bridgehead atoms. The molecule has 116 valence electrons. The lowest BCUT2D eigenvalue weighted by molar-refractivity contribution is 0.102. The van der Waals surface area contributed by atoms with Crippen molar-refractivity contribution in [2.75, 3.05) is 5.32 Å². The van der Waals surface area contributed by atoms with Crippen LogP contribution in [0.3, 0.4) is 0 Å². The van der Waals surface area contributed by atoms with Gasteiger partial charge >= 0.3 is 0 Å². The van der Waals surface area contributed by atoms with Gasteiger partial charge in [-0.05, 0) is 48.9 Å². The first kappa shape index (κ1) is 15.3. The number of amides is 1. The summed E-state index contributed by atoms with van der Waals surface area (Å²) >= 11 is 1.25. The van der Waals surface area contributed by atoms with Crippen molar-refractivity contribution in [3.8, 4) is 11.3 Å². The van der Waals surface area contributed by atoms with Gasteiger partial charge in [-0.25, -0.2) is 13.8 Å². The number of thiazole rings is 1. The van der Waals surface area contributed by atoms with Gasteiger partial charge in [0.05, 0.1) is 5.69 Å². The molecule has 0 spiro atoms. The predicted molar refractivity (Wildman–Crippen MR) is 86.6 cm³/mol. The minimum absolute atomic E-state index is 0.267. The quantitative estimate of drug-likeness (QED) is 0.759. The highest BCUT2D eigenvalue weighted by atomic mass is 32.1. The Hall–Kier alpha value is -2.60. The molecular formula is C17H12F2N2OS. The topological polar surface area (TPSA) is 42.0 Å². The van der Waals surface area contributed by atoms with E-state index < -0.39 is 11.7 Å². The summed E-state index contributed by atoms with van der Waals surface area (Å²) in [5, 5.41) is 4.82. The Morgan fingerprint density at radius 3 is 2.52 bits per heavy atom. The van der Waals surface area contributed by atoms with E-state index in [1.54, 1.807) is 30.5 Å². The molecule has 1 aromatic heterocycles. The molecule has 3 aromatic rings. The molecule has 1 N–H and O–H groups in total. The molecule has 1 amide bonds. The van der Waals surface area contributed by atoms with Crippen molar-refractivity contribution in [1.29, 1.82) is 0 Å². The molecule has 2 aromatic carbocycles. The van der Waals surface area contributed by atoms with Crippen LogP contribution in [0.25, 0.3) is 11.3 Å². The average Bonchev–Trinajstić information content (AvgIpc) is 2.99. The van der Waals surface area contributed by atoms with Gasteiger partial charge in [0.15, 0.2) is 5.13 Å². The number of nitrogens with one attached hydrogen (secondary N) is 1. The number of halogens is 2. The van der Waals surface area contributed by atoms with E-state index in [-0.39, 0.29) is 11.4 Å². The van der Waals surface area contributed by atoms with Gasteiger partial charge in [-0.15, -0.1) is 11.3 Å². The van der Waals surface area contributed by atoms with Crippen molar-refractivity contribution in [3.05, 3.63) is 70.6 Å². The molecule has 0 saturated heterocycles. The highest BCUT2D eigenvalue weighted by Gasteiger charge is 2.13. The first-order chi connectivity index (χ1) is 11.0. The first-order valence-corrected chi connectivity index (χ1v) is 7.70. The summed E-state index contributed by atoms with van der Waals surface area (Å²) in [6.07, 6.45) is 0. The van der Waals surface area contributed by atoms with E-state index in [4.69, 9.17) is 0 Å². The molecule has 0 atom stereocenters. The summed E-state index contributed by atoms with van der Waals surface area (Å²) in [6.45, 7) is 1.74. The molecule has 0 radical (unpaired) electrons. The van der Waals surface area contributed by atoms with Gasteiger partial charge in [-0.3, -0.25) is 10.1 Å². The van der Waals surface area contributed by atoms with Crippen molar-refractivity contribution in [3.63, 3.8) is 0 Å². The van der Waals surface area contributed by atoms with E-state index in [2.05, 4.69) is 10.3 Å². The van der Waals surface area contributed by atoms with E-state index in [1.807, 2.05) is 0 Å². The van der Waals surface area contributed by atoms with Gasteiger partial charge in [-0.2, -0.15) is 0 Å². The number of nitrogens with zero attached hydrogens (tertiary/aromatic N) is 1. The number of hydrogen-bond acceptors (Lipinski definition) is 3. The van der Waals surface area contributed by atoms with E-state index >= 15 is 0 Å². The van der Waals surface area contributed by atoms with E-state index in [1.165, 1.54) is 35.6 Å². The summed E-state index contributed by atoms with van der Waals surface area (Å²) in [7, 11) is 0. The monoisotopic (exact) mass is 330 g/mol. The minimum atomic E-state index is -0.466. The van der Waals surface area contributed by atoms with Gasteiger partial charge in [0.25, 0.3) is 5.91 Å². The Morgan fingerprint density at radius 2 is 1.78 bits per heavy atom. The summed E-state index contributed by atoms with van der Waals surface area (Å²) < 4.78 is 26.2. The maximum Gasteiger partial charge on any atom is 0.257 e. The molecule has 0 saturated carbocycles. The third-order valence-electron chi connectivity index (χ3n) is 3.31. The molecule has 1 heterocycles. The largest absolute Gasteiger partial charge is 0.298 e. The minimum Gasteiger partial charge on any atom is -0.298 e. The number of benzene rings is 2. The van der Waals surface area contributed by atoms with Crippen LogP contribution < -0.4 is 5.32 Å². The van der Waals surface area contributed by atoms with Crippen LogP contribution in [0.1, 0.15) is 15.9 Å². The molecular weight excluding hydrogens is 318 g/mol. The smallest absolute Gasteiger partial charge is 0.257 e. The second kappa shape index (κ2) is 6.26. The molecule has 0 fully saturated rings. The third kappa shape index (κ3) is 3.43. The fraction of sp³-hybridized carbons (Fsp3) is 0.0588. The number of aromatic nitrogens is 1. The lowest BCUT2D eigenvalue weighted by Gasteiger charge is -2.05. The highest BCUT2D eigenvalue weighted by Crippen LogP contribution is 2.25. The zero-order chi connectivity index (χ0) is 16.4. The van der Waals surface area contributed by atoms with Gasteiger partial charge in [-0.1, -0.05) is 6.07 Å². The fourth-order valence-electron chi connectivity index (χ4n) is 2.09. The molecule has 23 heavy (non-hydrogen) atoms. The molecule has 3 nitrogen and oxygen atoms in total. The number of rotatable bonds is 3. The van der Waals surface area contributed by atoms with Crippen LogP contribution in [0.4, 0.5) is 13.9 Å². The Balaban J connectivity index is 1.80. The fourth-order valence-corrected chi connectivity index (χ4v) is 2.80. The van der Waals surface area contributed by atoms with Crippen molar-refractivity contribution >= 4 is 22.4 Å². The number of aryl methyl sites for hydroxylation is 1. The number of hydrogen-bond donors (Lipinski definition) is 1. The Kier molecular flexibility index (Phi) is 4.16. The standard InChI is InChI=1S/C17H12F2N2OS/c1-10-2-5-13(19)8-14(10)16(22)21-17-20-15(9-23-17)11-3-6-12(18)7-4-11/h2-9H,1H3,(H,20,21,22). The van der Waals surface area contributed by atoms with Gasteiger partial charge in [0.1, 0.15) is 11.6 Å². The van der Waals surface area contributed by atoms with Crippen LogP contribution in [0.5, 0.6) is 0 Å². The molecule has 3 rings (SSSR count). The van der Waals surface area contributed by atoms with Crippen LogP contribution >= 0.6 is 11.3 Å². The summed E-state index contributed by atoms with van der Waals surface area (Å²) in [5.74, 6) is -1.20. The SMILES string of the molecule is Cc1ccc(F)cc1C(=O)Nc1nc(-c2ccc(F)cc2)cs1. The predicted octanol–water partition coefficient (Wildman–Crippen LogP) is 4.65. The second-order valence-corrected chi connectivity index (χ2v) is 5.82. The van der Waals surface area contributed by atoms with Crippen molar-refractivity contribution in [2.24, 2.45) is 0 Å². The van der Waals surface area contributed by atoms with Crippen LogP contribution in [0.15, 0.2) is 47.8 Å². The van der Waals surface area contributed by atoms with Crippen LogP contribution in [-0.2, 0) is 0 Å². The summed E-state index contributed by atoms with van der Waals surface area (Å²) in [5.41, 5.74) is 2.34. The van der Waals surface area contributed by atoms with Gasteiger partial charge < -0.3 is 0 Å². The van der Waals surface area contributed by atoms with Crippen LogP contribution in [0.2, 0.25) is 0 Å². The lowest BCUT2D eigenvalue weighted by atomic mass is 10.1. The molecule has 0 aliphatic heterocycles. The van der Waals surface area contributed by atoms with Crippen molar-refractivity contribution in [1.82, 2.24) is 4.98 Å². The zero-order valence-corrected chi connectivity index (χ0v) is 13.0. The maximum absolute atomic E-state index is 13.3. The molecule has 0 aliphatic rings. The van der Waals surface area contributed by atoms with Gasteiger partial charge in [0, 0.05) is 16.5 Å². The number of anilines is 1. The molecule has 0 aliphatic carbocycles. The average molecular weight is 330 g/mol. The highest BCUT2D eigenvalue weighted by molar-refractivity contribution is 7.14. The Bertz CT molecular complexity index is 859. The summed E-state index contributed by atoms with van der Waals surface area (Å²) in [6, 6.07) is 9.99. The van der Waals surface area contributed by atoms with Crippen molar-refractivity contribution in [2.45, 2.75) is 6.92 Å². The number of carbonyl (C=O) groups is 1. The van der Waals surface area contributed by atoms with E-state index in [0.29, 0.717) is 16.4 Å². The Labute approximate surface area is 135 Å². The van der Waals surface area contributed by atoms with Crippen LogP contribution in [-0.4, -0.2) is 10.9 Å². The zero-order valence-electron chi connectivity index (χ0n) is 12.1. The van der Waals surface area contributed by atoms with Gasteiger partial charge in [0.2, 0.25) is 0 Å². The van der Waals surface area contributed by atoms with E-state index in [9.17, 15) is 13.6 Å².